The molecule has 4 heterocycles. The van der Waals surface area contributed by atoms with Gasteiger partial charge in [-0.1, -0.05) is 0 Å². The molecule has 0 radical (unpaired) electrons. The van der Waals surface area contributed by atoms with Crippen LogP contribution in [0.4, 0.5) is 0 Å². The van der Waals surface area contributed by atoms with E-state index >= 15 is 0 Å². The highest BCUT2D eigenvalue weighted by atomic mass is 32.2. The van der Waals surface area contributed by atoms with E-state index in [1.165, 1.54) is 9.87 Å². The Morgan fingerprint density at radius 3 is 2.53 bits per heavy atom. The van der Waals surface area contributed by atoms with Gasteiger partial charge in [-0.25, -0.2) is 8.42 Å². The molecule has 1 atom stereocenters. The van der Waals surface area contributed by atoms with E-state index in [0.717, 1.165) is 26.1 Å². The Bertz CT molecular complexity index is 1050. The van der Waals surface area contributed by atoms with Crippen molar-refractivity contribution in [3.8, 4) is 0 Å². The highest BCUT2D eigenvalue weighted by molar-refractivity contribution is 7.89. The van der Waals surface area contributed by atoms with Crippen molar-refractivity contribution < 1.29 is 13.2 Å². The van der Waals surface area contributed by atoms with E-state index in [0.29, 0.717) is 38.3 Å². The molecule has 0 bridgehead atoms. The van der Waals surface area contributed by atoms with Gasteiger partial charge in [-0.15, -0.1) is 0 Å². The number of amides is 1. The van der Waals surface area contributed by atoms with Gasteiger partial charge in [0.2, 0.25) is 15.9 Å². The predicted molar refractivity (Wildman–Crippen MR) is 119 cm³/mol. The Labute approximate surface area is 189 Å². The topological polar surface area (TPSA) is 96.6 Å². The lowest BCUT2D eigenvalue weighted by Gasteiger charge is -2.38. The summed E-state index contributed by atoms with van der Waals surface area (Å²) in [7, 11) is -1.75. The van der Waals surface area contributed by atoms with E-state index < -0.39 is 10.0 Å². The molecule has 4 rings (SSSR count). The number of rotatable bonds is 6. The molecule has 10 nitrogen and oxygen atoms in total. The summed E-state index contributed by atoms with van der Waals surface area (Å²) in [5.74, 6) is -0.211. The van der Waals surface area contributed by atoms with E-state index in [9.17, 15) is 13.2 Å². The van der Waals surface area contributed by atoms with Crippen LogP contribution in [0.2, 0.25) is 0 Å². The first kappa shape index (κ1) is 22.9. The summed E-state index contributed by atoms with van der Waals surface area (Å²) < 4.78 is 31.4. The summed E-state index contributed by atoms with van der Waals surface area (Å²) in [6.45, 7) is 8.74. The van der Waals surface area contributed by atoms with Gasteiger partial charge in [0.25, 0.3) is 0 Å². The van der Waals surface area contributed by atoms with Crippen LogP contribution in [0.25, 0.3) is 0 Å². The highest BCUT2D eigenvalue weighted by Gasteiger charge is 2.37. The predicted octanol–water partition coefficient (Wildman–Crippen LogP) is 0.690. The molecule has 176 valence electrons. The standard InChI is InChI=1S/C21H33N7O3S/c1-4-27-16-20(17(2)23-27)32(30,31)28-7-5-6-19(15-28)21(29)26-10-8-25(9-11-26)14-18-12-22-24(3)13-18/h12-13,16,19H,4-11,14-15H2,1-3H3. The molecule has 11 heteroatoms. The van der Waals surface area contributed by atoms with Crippen molar-refractivity contribution in [1.82, 2.24) is 33.7 Å². The minimum Gasteiger partial charge on any atom is -0.340 e. The number of sulfonamides is 1. The summed E-state index contributed by atoms with van der Waals surface area (Å²) in [5, 5.41) is 8.50. The van der Waals surface area contributed by atoms with E-state index in [2.05, 4.69) is 15.1 Å². The summed E-state index contributed by atoms with van der Waals surface area (Å²) in [4.78, 5) is 17.7. The monoisotopic (exact) mass is 463 g/mol. The third-order valence-corrected chi connectivity index (χ3v) is 8.39. The zero-order chi connectivity index (χ0) is 22.9. The van der Waals surface area contributed by atoms with Crippen LogP contribution in [-0.2, 0) is 35.0 Å². The third-order valence-electron chi connectivity index (χ3n) is 6.42. The van der Waals surface area contributed by atoms with E-state index in [1.54, 1.807) is 22.5 Å². The fourth-order valence-electron chi connectivity index (χ4n) is 4.61. The number of nitrogens with zero attached hydrogens (tertiary/aromatic N) is 7. The molecule has 1 unspecified atom stereocenters. The molecule has 2 saturated heterocycles. The van der Waals surface area contributed by atoms with Gasteiger partial charge >= 0.3 is 0 Å². The number of carbonyl (C=O) groups excluding carboxylic acids is 1. The van der Waals surface area contributed by atoms with Gasteiger partial charge < -0.3 is 4.90 Å². The zero-order valence-electron chi connectivity index (χ0n) is 19.1. The number of piperidine rings is 1. The minimum absolute atomic E-state index is 0.0758. The van der Waals surface area contributed by atoms with Gasteiger partial charge in [-0.05, 0) is 26.7 Å². The molecule has 0 aromatic carbocycles. The van der Waals surface area contributed by atoms with Gasteiger partial charge in [0.05, 0.1) is 17.8 Å². The van der Waals surface area contributed by atoms with Crippen molar-refractivity contribution in [3.63, 3.8) is 0 Å². The van der Waals surface area contributed by atoms with Crippen LogP contribution in [0.5, 0.6) is 0 Å². The van der Waals surface area contributed by atoms with Crippen LogP contribution in [0.3, 0.4) is 0 Å². The van der Waals surface area contributed by atoms with E-state index in [-0.39, 0.29) is 23.3 Å². The molecule has 2 aliphatic rings. The molecule has 1 amide bonds. The lowest BCUT2D eigenvalue weighted by molar-refractivity contribution is -0.138. The smallest absolute Gasteiger partial charge is 0.246 e. The first-order valence-electron chi connectivity index (χ1n) is 11.3. The second-order valence-corrected chi connectivity index (χ2v) is 10.7. The lowest BCUT2D eigenvalue weighted by atomic mass is 9.97. The first-order valence-corrected chi connectivity index (χ1v) is 12.7. The number of hydrogen-bond donors (Lipinski definition) is 0. The number of hydrogen-bond acceptors (Lipinski definition) is 6. The van der Waals surface area contributed by atoms with Gasteiger partial charge in [0.1, 0.15) is 4.90 Å². The molecule has 0 spiro atoms. The van der Waals surface area contributed by atoms with E-state index in [1.807, 2.05) is 31.3 Å². The fraction of sp³-hybridized carbons (Fsp3) is 0.667. The molecule has 2 aliphatic heterocycles. The van der Waals surface area contributed by atoms with Crippen LogP contribution < -0.4 is 0 Å². The normalized spacial score (nSPS) is 21.2. The second kappa shape index (κ2) is 9.32. The van der Waals surface area contributed by atoms with Crippen molar-refractivity contribution in [3.05, 3.63) is 29.8 Å². The molecule has 2 fully saturated rings. The Balaban J connectivity index is 1.36. The highest BCUT2D eigenvalue weighted by Crippen LogP contribution is 2.27. The summed E-state index contributed by atoms with van der Waals surface area (Å²) >= 11 is 0. The fourth-order valence-corrected chi connectivity index (χ4v) is 6.31. The quantitative estimate of drug-likeness (QED) is 0.625. The maximum Gasteiger partial charge on any atom is 0.246 e. The van der Waals surface area contributed by atoms with Crippen molar-refractivity contribution in [2.45, 2.75) is 44.7 Å². The Kier molecular flexibility index (Phi) is 6.68. The van der Waals surface area contributed by atoms with Gasteiger partial charge in [0, 0.05) is 77.4 Å². The number of carbonyl (C=O) groups is 1. The largest absolute Gasteiger partial charge is 0.340 e. The Morgan fingerprint density at radius 1 is 1.16 bits per heavy atom. The molecule has 0 N–H and O–H groups in total. The van der Waals surface area contributed by atoms with Gasteiger partial charge in [-0.3, -0.25) is 19.1 Å². The molecule has 0 aliphatic carbocycles. The van der Waals surface area contributed by atoms with Crippen LogP contribution >= 0.6 is 0 Å². The minimum atomic E-state index is -3.66. The molecular formula is C21H33N7O3S. The molecule has 2 aromatic heterocycles. The van der Waals surface area contributed by atoms with Gasteiger partial charge in [0.15, 0.2) is 0 Å². The van der Waals surface area contributed by atoms with Crippen LogP contribution in [-0.4, -0.2) is 87.3 Å². The number of aryl methyl sites for hydroxylation is 3. The van der Waals surface area contributed by atoms with Crippen molar-refractivity contribution in [1.29, 1.82) is 0 Å². The molecular weight excluding hydrogens is 430 g/mol. The maximum atomic E-state index is 13.2. The Morgan fingerprint density at radius 2 is 1.91 bits per heavy atom. The zero-order valence-corrected chi connectivity index (χ0v) is 20.0. The van der Waals surface area contributed by atoms with Crippen LogP contribution in [0.15, 0.2) is 23.5 Å². The van der Waals surface area contributed by atoms with Crippen molar-refractivity contribution in [2.75, 3.05) is 39.3 Å². The van der Waals surface area contributed by atoms with Crippen LogP contribution in [0.1, 0.15) is 31.0 Å². The van der Waals surface area contributed by atoms with Crippen LogP contribution in [0, 0.1) is 12.8 Å². The summed E-state index contributed by atoms with van der Waals surface area (Å²) in [5.41, 5.74) is 1.67. The van der Waals surface area contributed by atoms with Crippen molar-refractivity contribution in [2.24, 2.45) is 13.0 Å². The second-order valence-electron chi connectivity index (χ2n) is 8.76. The molecule has 2 aromatic rings. The maximum absolute atomic E-state index is 13.2. The number of piperazine rings is 1. The van der Waals surface area contributed by atoms with Crippen molar-refractivity contribution >= 4 is 15.9 Å². The van der Waals surface area contributed by atoms with Gasteiger partial charge in [-0.2, -0.15) is 14.5 Å². The SMILES string of the molecule is CCn1cc(S(=O)(=O)N2CCCC(C(=O)N3CCN(Cc4cnn(C)c4)CC3)C2)c(C)n1. The lowest BCUT2D eigenvalue weighted by Crippen LogP contribution is -2.52. The first-order chi connectivity index (χ1) is 15.3. The molecule has 0 saturated carbocycles. The van der Waals surface area contributed by atoms with E-state index in [4.69, 9.17) is 0 Å². The average Bonchev–Trinajstić information content (AvgIpc) is 3.39. The Hall–Kier alpha value is -2.24. The number of aromatic nitrogens is 4. The third kappa shape index (κ3) is 4.74. The molecule has 32 heavy (non-hydrogen) atoms. The summed E-state index contributed by atoms with van der Waals surface area (Å²) in [6, 6.07) is 0. The average molecular weight is 464 g/mol. The summed E-state index contributed by atoms with van der Waals surface area (Å²) in [6.07, 6.45) is 6.91.